The van der Waals surface area contributed by atoms with Gasteiger partial charge in [0.1, 0.15) is 0 Å². The van der Waals surface area contributed by atoms with E-state index < -0.39 is 17.4 Å². The van der Waals surface area contributed by atoms with Gasteiger partial charge < -0.3 is 10.2 Å². The van der Waals surface area contributed by atoms with Crippen LogP contribution >= 0.6 is 0 Å². The van der Waals surface area contributed by atoms with E-state index in [0.29, 0.717) is 19.3 Å². The smallest absolute Gasteiger partial charge is 0.314 e. The van der Waals surface area contributed by atoms with Crippen molar-refractivity contribution in [2.75, 3.05) is 0 Å². The van der Waals surface area contributed by atoms with E-state index in [-0.39, 0.29) is 6.42 Å². The lowest BCUT2D eigenvalue weighted by atomic mass is 9.74. The second kappa shape index (κ2) is 9.23. The third kappa shape index (κ3) is 5.17. The Bertz CT molecular complexity index is 469. The molecule has 0 amide bonds. The van der Waals surface area contributed by atoms with Crippen LogP contribution in [0, 0.1) is 0 Å². The number of carbonyl (C=O) groups is 2. The Kier molecular flexibility index (Phi) is 7.64. The molecule has 0 bridgehead atoms. The zero-order valence-corrected chi connectivity index (χ0v) is 13.3. The highest BCUT2D eigenvalue weighted by Gasteiger charge is 2.37. The van der Waals surface area contributed by atoms with E-state index in [1.807, 2.05) is 37.3 Å². The highest BCUT2D eigenvalue weighted by molar-refractivity contribution is 5.81. The van der Waals surface area contributed by atoms with Gasteiger partial charge in [-0.15, -0.1) is 0 Å². The monoisotopic (exact) mass is 306 g/mol. The summed E-state index contributed by atoms with van der Waals surface area (Å²) >= 11 is 0. The summed E-state index contributed by atoms with van der Waals surface area (Å²) in [6, 6.07) is 9.45. The van der Waals surface area contributed by atoms with Crippen molar-refractivity contribution in [2.45, 2.75) is 63.7 Å². The molecule has 1 aromatic carbocycles. The fourth-order valence-electron chi connectivity index (χ4n) is 2.90. The van der Waals surface area contributed by atoms with Crippen molar-refractivity contribution < 1.29 is 19.8 Å². The van der Waals surface area contributed by atoms with Crippen LogP contribution in [0.4, 0.5) is 0 Å². The van der Waals surface area contributed by atoms with Gasteiger partial charge in [-0.2, -0.15) is 0 Å². The van der Waals surface area contributed by atoms with Crippen LogP contribution in [0.3, 0.4) is 0 Å². The van der Waals surface area contributed by atoms with Gasteiger partial charge in [-0.1, -0.05) is 62.9 Å². The molecular weight excluding hydrogens is 280 g/mol. The molecule has 2 N–H and O–H groups in total. The Balaban J connectivity index is 2.50. The molecule has 0 fully saturated rings. The first-order valence-corrected chi connectivity index (χ1v) is 8.03. The highest BCUT2D eigenvalue weighted by Crippen LogP contribution is 2.34. The Morgan fingerprint density at radius 2 is 1.55 bits per heavy atom. The van der Waals surface area contributed by atoms with Crippen LogP contribution in [0.5, 0.6) is 0 Å². The molecule has 0 radical (unpaired) electrons. The fourth-order valence-corrected chi connectivity index (χ4v) is 2.90. The quantitative estimate of drug-likeness (QED) is 0.600. The van der Waals surface area contributed by atoms with E-state index >= 15 is 0 Å². The number of unbranched alkanes of at least 4 members (excludes halogenated alkanes) is 4. The molecule has 0 aromatic heterocycles. The van der Waals surface area contributed by atoms with Gasteiger partial charge in [0.15, 0.2) is 0 Å². The van der Waals surface area contributed by atoms with E-state index in [0.717, 1.165) is 31.2 Å². The second-order valence-corrected chi connectivity index (χ2v) is 5.77. The lowest BCUT2D eigenvalue weighted by Gasteiger charge is -2.29. The topological polar surface area (TPSA) is 74.6 Å². The molecule has 0 aliphatic rings. The summed E-state index contributed by atoms with van der Waals surface area (Å²) in [7, 11) is 0. The molecule has 1 rings (SSSR count). The lowest BCUT2D eigenvalue weighted by molar-refractivity contribution is -0.144. The molecule has 22 heavy (non-hydrogen) atoms. The van der Waals surface area contributed by atoms with Crippen molar-refractivity contribution in [1.82, 2.24) is 0 Å². The van der Waals surface area contributed by atoms with Gasteiger partial charge in [0.25, 0.3) is 0 Å². The Morgan fingerprint density at radius 3 is 2.09 bits per heavy atom. The van der Waals surface area contributed by atoms with Crippen molar-refractivity contribution in [3.05, 3.63) is 35.9 Å². The van der Waals surface area contributed by atoms with Crippen LogP contribution in [0.25, 0.3) is 0 Å². The van der Waals surface area contributed by atoms with E-state index in [1.165, 1.54) is 0 Å². The zero-order valence-electron chi connectivity index (χ0n) is 13.3. The molecule has 0 heterocycles. The van der Waals surface area contributed by atoms with E-state index in [2.05, 4.69) is 0 Å². The van der Waals surface area contributed by atoms with Crippen LogP contribution in [0.1, 0.15) is 63.9 Å². The third-order valence-corrected chi connectivity index (χ3v) is 4.33. The van der Waals surface area contributed by atoms with Crippen LogP contribution in [0.15, 0.2) is 30.3 Å². The van der Waals surface area contributed by atoms with E-state index in [9.17, 15) is 14.7 Å². The predicted molar refractivity (Wildman–Crippen MR) is 86.0 cm³/mol. The molecule has 0 spiro atoms. The molecule has 4 nitrogen and oxygen atoms in total. The summed E-state index contributed by atoms with van der Waals surface area (Å²) < 4.78 is 0. The van der Waals surface area contributed by atoms with Crippen LogP contribution in [-0.2, 0) is 15.0 Å². The average Bonchev–Trinajstić information content (AvgIpc) is 2.50. The summed E-state index contributed by atoms with van der Waals surface area (Å²) in [4.78, 5) is 22.3. The molecule has 4 heteroatoms. The number of carboxylic acids is 2. The van der Waals surface area contributed by atoms with Crippen molar-refractivity contribution in [2.24, 2.45) is 0 Å². The van der Waals surface area contributed by atoms with Crippen LogP contribution in [-0.4, -0.2) is 22.2 Å². The van der Waals surface area contributed by atoms with Crippen molar-refractivity contribution in [1.29, 1.82) is 0 Å². The first-order chi connectivity index (χ1) is 10.5. The molecule has 1 unspecified atom stereocenters. The lowest BCUT2D eigenvalue weighted by Crippen LogP contribution is -2.35. The number of benzene rings is 1. The first-order valence-electron chi connectivity index (χ1n) is 8.03. The number of rotatable bonds is 11. The Hall–Kier alpha value is -1.84. The normalized spacial score (nSPS) is 13.5. The number of aliphatic carboxylic acids is 2. The molecule has 0 aliphatic carbocycles. The Morgan fingerprint density at radius 1 is 0.955 bits per heavy atom. The summed E-state index contributed by atoms with van der Waals surface area (Å²) in [6.07, 6.45) is 5.77. The van der Waals surface area contributed by atoms with Gasteiger partial charge in [0.2, 0.25) is 0 Å². The second-order valence-electron chi connectivity index (χ2n) is 5.77. The van der Waals surface area contributed by atoms with Gasteiger partial charge in [-0.25, -0.2) is 0 Å². The molecule has 0 saturated carbocycles. The van der Waals surface area contributed by atoms with Crippen molar-refractivity contribution in [3.8, 4) is 0 Å². The molecule has 122 valence electrons. The first kappa shape index (κ1) is 18.2. The average molecular weight is 306 g/mol. The summed E-state index contributed by atoms with van der Waals surface area (Å²) in [5, 5.41) is 18.3. The molecule has 0 aliphatic heterocycles. The van der Waals surface area contributed by atoms with Crippen molar-refractivity contribution in [3.63, 3.8) is 0 Å². The minimum absolute atomic E-state index is 0.220. The molecule has 1 aromatic rings. The minimum atomic E-state index is -0.803. The number of hydrogen-bond donors (Lipinski definition) is 2. The summed E-state index contributed by atoms with van der Waals surface area (Å²) in [6.45, 7) is 1.92. The predicted octanol–water partition coefficient (Wildman–Crippen LogP) is 4.23. The maximum absolute atomic E-state index is 11.8. The number of hydrogen-bond acceptors (Lipinski definition) is 2. The van der Waals surface area contributed by atoms with E-state index in [4.69, 9.17) is 5.11 Å². The van der Waals surface area contributed by atoms with E-state index in [1.54, 1.807) is 0 Å². The molecular formula is C18H26O4. The van der Waals surface area contributed by atoms with Crippen LogP contribution in [0.2, 0.25) is 0 Å². The highest BCUT2D eigenvalue weighted by atomic mass is 16.4. The summed E-state index contributed by atoms with van der Waals surface area (Å²) in [5.41, 5.74) is 0.0679. The Labute approximate surface area is 132 Å². The number of carboxylic acid groups (broad SMARTS) is 2. The van der Waals surface area contributed by atoms with Gasteiger partial charge in [0.05, 0.1) is 5.41 Å². The minimum Gasteiger partial charge on any atom is -0.481 e. The standard InChI is InChI=1S/C18H26O4/c1-2-18(17(21)22,15-11-7-6-8-12-15)14-10-5-3-4-9-13-16(19)20/h6-8,11-12H,2-5,9-10,13-14H2,1H3,(H,19,20)(H,21,22). The van der Waals surface area contributed by atoms with Gasteiger partial charge >= 0.3 is 11.9 Å². The maximum Gasteiger partial charge on any atom is 0.314 e. The summed E-state index contributed by atoms with van der Waals surface area (Å²) in [5.74, 6) is -1.51. The molecule has 0 saturated heterocycles. The van der Waals surface area contributed by atoms with Gasteiger partial charge in [-0.05, 0) is 24.8 Å². The zero-order chi connectivity index (χ0) is 16.4. The largest absolute Gasteiger partial charge is 0.481 e. The fraction of sp³-hybridized carbons (Fsp3) is 0.556. The van der Waals surface area contributed by atoms with Gasteiger partial charge in [0, 0.05) is 6.42 Å². The van der Waals surface area contributed by atoms with Gasteiger partial charge in [-0.3, -0.25) is 9.59 Å². The van der Waals surface area contributed by atoms with Crippen molar-refractivity contribution >= 4 is 11.9 Å². The third-order valence-electron chi connectivity index (χ3n) is 4.33. The molecule has 1 atom stereocenters. The SMILES string of the molecule is CCC(CCCCCCCC(=O)O)(C(=O)O)c1ccccc1. The van der Waals surface area contributed by atoms with Crippen LogP contribution < -0.4 is 0 Å². The maximum atomic E-state index is 11.8.